The Morgan fingerprint density at radius 3 is 2.17 bits per heavy atom. The van der Waals surface area contributed by atoms with Crippen molar-refractivity contribution >= 4 is 29.9 Å². The Balaban J connectivity index is 0.00000529. The van der Waals surface area contributed by atoms with Gasteiger partial charge >= 0.3 is 0 Å². The Kier molecular flexibility index (Phi) is 10.4. The van der Waals surface area contributed by atoms with Gasteiger partial charge < -0.3 is 15.4 Å². The molecule has 1 rings (SSSR count). The van der Waals surface area contributed by atoms with Crippen LogP contribution >= 0.6 is 24.0 Å². The average Bonchev–Trinajstić information content (AvgIpc) is 2.52. The van der Waals surface area contributed by atoms with Gasteiger partial charge in [0, 0.05) is 18.5 Å². The fraction of sp³-hybridized carbons (Fsp3) is 0.632. The van der Waals surface area contributed by atoms with Crippen LogP contribution in [0.25, 0.3) is 0 Å². The summed E-state index contributed by atoms with van der Waals surface area (Å²) in [5.74, 6) is 2.08. The third-order valence-corrected chi connectivity index (χ3v) is 3.94. The van der Waals surface area contributed by atoms with Crippen LogP contribution in [0.4, 0.5) is 0 Å². The predicted octanol–water partition coefficient (Wildman–Crippen LogP) is 4.27. The van der Waals surface area contributed by atoms with Crippen LogP contribution in [0.2, 0.25) is 0 Å². The highest BCUT2D eigenvalue weighted by atomic mass is 127. The first-order valence-corrected chi connectivity index (χ1v) is 8.58. The summed E-state index contributed by atoms with van der Waals surface area (Å²) in [4.78, 5) is 6.65. The van der Waals surface area contributed by atoms with Gasteiger partial charge in [0.1, 0.15) is 5.75 Å². The number of nitrogens with zero attached hydrogens (tertiary/aromatic N) is 2. The second-order valence-electron chi connectivity index (χ2n) is 6.96. The average molecular weight is 447 g/mol. The highest BCUT2D eigenvalue weighted by molar-refractivity contribution is 14.0. The molecule has 0 fully saturated rings. The molecule has 0 bridgehead atoms. The molecule has 4 nitrogen and oxygen atoms in total. The molecule has 5 heteroatoms. The lowest BCUT2D eigenvalue weighted by Gasteiger charge is -2.25. The van der Waals surface area contributed by atoms with Crippen molar-refractivity contribution in [3.05, 3.63) is 29.8 Å². The highest BCUT2D eigenvalue weighted by Crippen LogP contribution is 2.26. The lowest BCUT2D eigenvalue weighted by Crippen LogP contribution is -2.38. The molecule has 0 heterocycles. The van der Waals surface area contributed by atoms with Crippen molar-refractivity contribution in [2.24, 2.45) is 16.6 Å². The van der Waals surface area contributed by atoms with Crippen LogP contribution in [0.15, 0.2) is 29.3 Å². The van der Waals surface area contributed by atoms with Gasteiger partial charge in [0.05, 0.1) is 13.2 Å². The van der Waals surface area contributed by atoms with Gasteiger partial charge in [0.25, 0.3) is 0 Å². The zero-order valence-electron chi connectivity index (χ0n) is 16.0. The van der Waals surface area contributed by atoms with E-state index < -0.39 is 0 Å². The van der Waals surface area contributed by atoms with E-state index in [2.05, 4.69) is 63.6 Å². The maximum absolute atomic E-state index is 6.07. The number of halogens is 1. The molecule has 0 radical (unpaired) electrons. The van der Waals surface area contributed by atoms with Crippen LogP contribution in [-0.2, 0) is 5.41 Å². The molecule has 0 unspecified atom stereocenters. The van der Waals surface area contributed by atoms with Crippen molar-refractivity contribution in [1.29, 1.82) is 0 Å². The quantitative estimate of drug-likeness (QED) is 0.368. The monoisotopic (exact) mass is 447 g/mol. The molecule has 0 aliphatic carbocycles. The molecule has 0 aromatic heterocycles. The van der Waals surface area contributed by atoms with Gasteiger partial charge in [0.2, 0.25) is 0 Å². The molecule has 0 aliphatic rings. The smallest absolute Gasteiger partial charge is 0.191 e. The fourth-order valence-corrected chi connectivity index (χ4v) is 2.28. The number of rotatable bonds is 8. The van der Waals surface area contributed by atoms with Crippen molar-refractivity contribution in [3.63, 3.8) is 0 Å². The highest BCUT2D eigenvalue weighted by Gasteiger charge is 2.20. The minimum Gasteiger partial charge on any atom is -0.493 e. The SMILES string of the molecule is CCN(CC)C(N)=NCC(C)(C)c1ccc(OCC(C)C)cc1.I. The first-order valence-electron chi connectivity index (χ1n) is 8.58. The topological polar surface area (TPSA) is 50.8 Å². The summed E-state index contributed by atoms with van der Waals surface area (Å²) in [5, 5.41) is 0. The third kappa shape index (κ3) is 7.28. The van der Waals surface area contributed by atoms with E-state index in [9.17, 15) is 0 Å². The van der Waals surface area contributed by atoms with Crippen molar-refractivity contribution in [2.45, 2.75) is 47.0 Å². The van der Waals surface area contributed by atoms with Gasteiger partial charge in [-0.2, -0.15) is 0 Å². The molecule has 0 saturated carbocycles. The van der Waals surface area contributed by atoms with Crippen LogP contribution in [-0.4, -0.2) is 37.1 Å². The van der Waals surface area contributed by atoms with E-state index in [-0.39, 0.29) is 29.4 Å². The van der Waals surface area contributed by atoms with E-state index in [4.69, 9.17) is 10.5 Å². The summed E-state index contributed by atoms with van der Waals surface area (Å²) < 4.78 is 5.74. The molecule has 0 aliphatic heterocycles. The van der Waals surface area contributed by atoms with Crippen LogP contribution < -0.4 is 10.5 Å². The van der Waals surface area contributed by atoms with Crippen molar-refractivity contribution in [3.8, 4) is 5.75 Å². The molecular formula is C19H34IN3O. The second kappa shape index (κ2) is 10.8. The molecule has 0 saturated heterocycles. The normalized spacial score (nSPS) is 12.0. The van der Waals surface area contributed by atoms with E-state index in [1.165, 1.54) is 5.56 Å². The van der Waals surface area contributed by atoms with Gasteiger partial charge in [0.15, 0.2) is 5.96 Å². The predicted molar refractivity (Wildman–Crippen MR) is 115 cm³/mol. The Labute approximate surface area is 164 Å². The number of hydrogen-bond acceptors (Lipinski definition) is 2. The van der Waals surface area contributed by atoms with E-state index in [0.717, 1.165) is 25.4 Å². The number of guanidine groups is 1. The standard InChI is InChI=1S/C19H33N3O.HI/c1-7-22(8-2)18(20)21-14-19(5,6)16-9-11-17(12-10-16)23-13-15(3)4;/h9-12,15H,7-8,13-14H2,1-6H3,(H2,20,21);1H. The molecule has 0 amide bonds. The zero-order valence-corrected chi connectivity index (χ0v) is 18.3. The molecule has 0 spiro atoms. The summed E-state index contributed by atoms with van der Waals surface area (Å²) in [6, 6.07) is 8.32. The fourth-order valence-electron chi connectivity index (χ4n) is 2.28. The Bertz CT molecular complexity index is 494. The summed E-state index contributed by atoms with van der Waals surface area (Å²) in [6.07, 6.45) is 0. The second-order valence-corrected chi connectivity index (χ2v) is 6.96. The minimum absolute atomic E-state index is 0. The van der Waals surface area contributed by atoms with E-state index in [1.807, 2.05) is 12.1 Å². The van der Waals surface area contributed by atoms with Gasteiger partial charge in [-0.3, -0.25) is 4.99 Å². The van der Waals surface area contributed by atoms with Gasteiger partial charge in [-0.25, -0.2) is 0 Å². The molecule has 1 aromatic carbocycles. The van der Waals surface area contributed by atoms with Crippen LogP contribution in [0.3, 0.4) is 0 Å². The van der Waals surface area contributed by atoms with Crippen molar-refractivity contribution in [2.75, 3.05) is 26.2 Å². The summed E-state index contributed by atoms with van der Waals surface area (Å²) in [5.41, 5.74) is 7.25. The zero-order chi connectivity index (χ0) is 17.5. The van der Waals surface area contributed by atoms with E-state index >= 15 is 0 Å². The molecule has 0 atom stereocenters. The first kappa shape index (κ1) is 23.0. The summed E-state index contributed by atoms with van der Waals surface area (Å²) >= 11 is 0. The third-order valence-electron chi connectivity index (χ3n) is 3.94. The van der Waals surface area contributed by atoms with Crippen LogP contribution in [0.5, 0.6) is 5.75 Å². The Morgan fingerprint density at radius 1 is 1.17 bits per heavy atom. The lowest BCUT2D eigenvalue weighted by atomic mass is 9.85. The van der Waals surface area contributed by atoms with Crippen LogP contribution in [0, 0.1) is 5.92 Å². The Morgan fingerprint density at radius 2 is 1.71 bits per heavy atom. The van der Waals surface area contributed by atoms with E-state index in [0.29, 0.717) is 18.4 Å². The van der Waals surface area contributed by atoms with Gasteiger partial charge in [-0.15, -0.1) is 24.0 Å². The molecular weight excluding hydrogens is 413 g/mol. The van der Waals surface area contributed by atoms with Crippen molar-refractivity contribution < 1.29 is 4.74 Å². The van der Waals surface area contributed by atoms with Crippen LogP contribution in [0.1, 0.15) is 47.1 Å². The largest absolute Gasteiger partial charge is 0.493 e. The maximum atomic E-state index is 6.07. The number of hydrogen-bond donors (Lipinski definition) is 1. The van der Waals surface area contributed by atoms with Gasteiger partial charge in [-0.05, 0) is 37.5 Å². The number of benzene rings is 1. The number of aliphatic imine (C=N–C) groups is 1. The molecule has 138 valence electrons. The molecule has 24 heavy (non-hydrogen) atoms. The first-order chi connectivity index (χ1) is 10.8. The summed E-state index contributed by atoms with van der Waals surface area (Å²) in [7, 11) is 0. The maximum Gasteiger partial charge on any atom is 0.191 e. The van der Waals surface area contributed by atoms with Crippen molar-refractivity contribution in [1.82, 2.24) is 4.90 Å². The molecule has 2 N–H and O–H groups in total. The van der Waals surface area contributed by atoms with E-state index in [1.54, 1.807) is 0 Å². The summed E-state index contributed by atoms with van der Waals surface area (Å²) in [6.45, 7) is 16.0. The number of ether oxygens (including phenoxy) is 1. The Hall–Kier alpha value is -0.980. The molecule has 1 aromatic rings. The lowest BCUT2D eigenvalue weighted by molar-refractivity contribution is 0.271. The van der Waals surface area contributed by atoms with Gasteiger partial charge in [-0.1, -0.05) is 39.8 Å². The minimum atomic E-state index is -0.0612. The number of nitrogens with two attached hydrogens (primary N) is 1.